The van der Waals surface area contributed by atoms with Crippen LogP contribution in [0.4, 0.5) is 0 Å². The molecule has 26 heavy (non-hydrogen) atoms. The van der Waals surface area contributed by atoms with Crippen LogP contribution in [0, 0.1) is 5.41 Å². The van der Waals surface area contributed by atoms with Gasteiger partial charge in [0.25, 0.3) is 0 Å². The molecule has 0 radical (unpaired) electrons. The molecule has 0 atom stereocenters. The zero-order valence-corrected chi connectivity index (χ0v) is 15.9. The van der Waals surface area contributed by atoms with Gasteiger partial charge in [-0.05, 0) is 27.2 Å². The molecule has 0 aliphatic carbocycles. The second-order valence-corrected chi connectivity index (χ2v) is 6.23. The van der Waals surface area contributed by atoms with Gasteiger partial charge in [-0.15, -0.1) is 0 Å². The van der Waals surface area contributed by atoms with E-state index < -0.39 is 23.3 Å². The summed E-state index contributed by atoms with van der Waals surface area (Å²) in [6.07, 6.45) is 0.328. The third kappa shape index (κ3) is 10.5. The van der Waals surface area contributed by atoms with Crippen LogP contribution in [0.15, 0.2) is 12.2 Å². The van der Waals surface area contributed by atoms with Gasteiger partial charge in [0, 0.05) is 5.57 Å². The van der Waals surface area contributed by atoms with Gasteiger partial charge in [0.1, 0.15) is 26.4 Å². The molecule has 0 aromatic rings. The van der Waals surface area contributed by atoms with Gasteiger partial charge in [-0.25, -0.2) is 4.79 Å². The molecule has 0 spiro atoms. The van der Waals surface area contributed by atoms with Crippen LogP contribution in [0.25, 0.3) is 0 Å². The quantitative estimate of drug-likeness (QED) is 0.221. The molecule has 0 saturated heterocycles. The number of carbonyl (C=O) groups excluding carboxylic acids is 4. The maximum atomic E-state index is 11.7. The Morgan fingerprint density at radius 2 is 1.23 bits per heavy atom. The molecule has 8 heteroatoms. The first-order valence-corrected chi connectivity index (χ1v) is 8.41. The molecule has 0 aliphatic rings. The predicted molar refractivity (Wildman–Crippen MR) is 92.0 cm³/mol. The van der Waals surface area contributed by atoms with E-state index in [-0.39, 0.29) is 50.8 Å². The summed E-state index contributed by atoms with van der Waals surface area (Å²) in [5, 5.41) is 0. The predicted octanol–water partition coefficient (Wildman–Crippen LogP) is 1.95. The highest BCUT2D eigenvalue weighted by atomic mass is 16.6. The molecular weight excluding hydrogens is 344 g/mol. The summed E-state index contributed by atoms with van der Waals surface area (Å²) in [7, 11) is 0. The van der Waals surface area contributed by atoms with E-state index in [1.807, 2.05) is 6.92 Å². The highest BCUT2D eigenvalue weighted by Gasteiger charge is 2.26. The Bertz CT molecular complexity index is 521. The van der Waals surface area contributed by atoms with Crippen molar-refractivity contribution in [2.75, 3.05) is 26.4 Å². The van der Waals surface area contributed by atoms with Crippen LogP contribution in [0.1, 0.15) is 47.0 Å². The fraction of sp³-hybridized carbons (Fsp3) is 0.667. The molecule has 0 N–H and O–H groups in total. The standard InChI is InChI=1S/C18H28O8/c1-6-18(4,5)17(22)26-12-10-24-15(20)8-7-14(19)23-9-11-25-16(21)13(2)3/h2,6-12H2,1,3-5H3. The molecule has 0 unspecified atom stereocenters. The van der Waals surface area contributed by atoms with Crippen LogP contribution in [0.2, 0.25) is 0 Å². The Labute approximate surface area is 153 Å². The molecule has 0 aliphatic heterocycles. The normalized spacial score (nSPS) is 10.6. The highest BCUT2D eigenvalue weighted by molar-refractivity contribution is 5.86. The van der Waals surface area contributed by atoms with Gasteiger partial charge in [0.15, 0.2) is 0 Å². The van der Waals surface area contributed by atoms with Crippen LogP contribution in [0.5, 0.6) is 0 Å². The monoisotopic (exact) mass is 372 g/mol. The fourth-order valence-corrected chi connectivity index (χ4v) is 1.39. The maximum absolute atomic E-state index is 11.7. The summed E-state index contributed by atoms with van der Waals surface area (Å²) in [6, 6.07) is 0. The van der Waals surface area contributed by atoms with Gasteiger partial charge in [0.2, 0.25) is 0 Å². The maximum Gasteiger partial charge on any atom is 0.333 e. The molecule has 148 valence electrons. The van der Waals surface area contributed by atoms with Crippen LogP contribution in [-0.4, -0.2) is 50.3 Å². The van der Waals surface area contributed by atoms with E-state index in [1.165, 1.54) is 6.92 Å². The van der Waals surface area contributed by atoms with Crippen molar-refractivity contribution >= 4 is 23.9 Å². The average Bonchev–Trinajstić information content (AvgIpc) is 2.59. The van der Waals surface area contributed by atoms with Gasteiger partial charge in [-0.2, -0.15) is 0 Å². The number of hydrogen-bond donors (Lipinski definition) is 0. The number of carbonyl (C=O) groups is 4. The first-order valence-electron chi connectivity index (χ1n) is 8.41. The summed E-state index contributed by atoms with van der Waals surface area (Å²) >= 11 is 0. The molecule has 0 rings (SSSR count). The van der Waals surface area contributed by atoms with Crippen molar-refractivity contribution in [2.24, 2.45) is 5.41 Å². The van der Waals surface area contributed by atoms with E-state index in [0.29, 0.717) is 6.42 Å². The summed E-state index contributed by atoms with van der Waals surface area (Å²) in [4.78, 5) is 45.7. The summed E-state index contributed by atoms with van der Waals surface area (Å²) in [6.45, 7) is 10.0. The van der Waals surface area contributed by atoms with Gasteiger partial charge in [-0.3, -0.25) is 14.4 Å². The smallest absolute Gasteiger partial charge is 0.333 e. The van der Waals surface area contributed by atoms with E-state index in [1.54, 1.807) is 13.8 Å². The fourth-order valence-electron chi connectivity index (χ4n) is 1.39. The Morgan fingerprint density at radius 3 is 1.65 bits per heavy atom. The van der Waals surface area contributed by atoms with Gasteiger partial charge >= 0.3 is 23.9 Å². The van der Waals surface area contributed by atoms with E-state index in [2.05, 4.69) is 6.58 Å². The topological polar surface area (TPSA) is 105 Å². The van der Waals surface area contributed by atoms with Crippen LogP contribution >= 0.6 is 0 Å². The number of rotatable bonds is 12. The van der Waals surface area contributed by atoms with E-state index in [9.17, 15) is 19.2 Å². The minimum atomic E-state index is -0.607. The lowest BCUT2D eigenvalue weighted by atomic mass is 9.91. The van der Waals surface area contributed by atoms with Crippen molar-refractivity contribution in [2.45, 2.75) is 47.0 Å². The SMILES string of the molecule is C=C(C)C(=O)OCCOC(=O)CCC(=O)OCCOC(=O)C(C)(C)CC. The molecule has 0 saturated carbocycles. The molecule has 0 aromatic heterocycles. The number of esters is 4. The third-order valence-corrected chi connectivity index (χ3v) is 3.48. The average molecular weight is 372 g/mol. The van der Waals surface area contributed by atoms with E-state index >= 15 is 0 Å². The first kappa shape index (κ1) is 23.6. The largest absolute Gasteiger partial charge is 0.462 e. The summed E-state index contributed by atoms with van der Waals surface area (Å²) < 4.78 is 19.4. The molecule has 0 fully saturated rings. The van der Waals surface area contributed by atoms with Crippen molar-refractivity contribution in [3.8, 4) is 0 Å². The summed E-state index contributed by atoms with van der Waals surface area (Å²) in [5.74, 6) is -2.12. The zero-order chi connectivity index (χ0) is 20.2. The minimum absolute atomic E-state index is 0.0352. The molecule has 0 bridgehead atoms. The molecule has 0 heterocycles. The van der Waals surface area contributed by atoms with Crippen LogP contribution in [0.3, 0.4) is 0 Å². The molecule has 0 amide bonds. The van der Waals surface area contributed by atoms with Crippen molar-refractivity contribution in [1.82, 2.24) is 0 Å². The van der Waals surface area contributed by atoms with E-state index in [4.69, 9.17) is 18.9 Å². The lowest BCUT2D eigenvalue weighted by Crippen LogP contribution is -2.27. The molecular formula is C18H28O8. The lowest BCUT2D eigenvalue weighted by Gasteiger charge is -2.20. The highest BCUT2D eigenvalue weighted by Crippen LogP contribution is 2.21. The Morgan fingerprint density at radius 1 is 0.808 bits per heavy atom. The van der Waals surface area contributed by atoms with Gasteiger partial charge in [0.05, 0.1) is 18.3 Å². The molecule has 8 nitrogen and oxygen atoms in total. The second kappa shape index (κ2) is 12.1. The Balaban J connectivity index is 3.76. The van der Waals surface area contributed by atoms with Crippen molar-refractivity contribution in [3.63, 3.8) is 0 Å². The van der Waals surface area contributed by atoms with Gasteiger partial charge in [-0.1, -0.05) is 13.5 Å². The van der Waals surface area contributed by atoms with Crippen LogP contribution in [-0.2, 0) is 38.1 Å². The van der Waals surface area contributed by atoms with Crippen molar-refractivity contribution in [3.05, 3.63) is 12.2 Å². The van der Waals surface area contributed by atoms with Crippen molar-refractivity contribution < 1.29 is 38.1 Å². The Kier molecular flexibility index (Phi) is 10.9. The minimum Gasteiger partial charge on any atom is -0.462 e. The first-order chi connectivity index (χ1) is 12.1. The number of ether oxygens (including phenoxy) is 4. The van der Waals surface area contributed by atoms with Gasteiger partial charge < -0.3 is 18.9 Å². The van der Waals surface area contributed by atoms with E-state index in [0.717, 1.165) is 0 Å². The summed E-state index contributed by atoms with van der Waals surface area (Å²) in [5.41, 5.74) is -0.324. The number of hydrogen-bond acceptors (Lipinski definition) is 8. The van der Waals surface area contributed by atoms with Crippen molar-refractivity contribution in [1.29, 1.82) is 0 Å². The second-order valence-electron chi connectivity index (χ2n) is 6.23. The van der Waals surface area contributed by atoms with Crippen LogP contribution < -0.4 is 0 Å². The Hall–Kier alpha value is -2.38. The zero-order valence-electron chi connectivity index (χ0n) is 15.9. The lowest BCUT2D eigenvalue weighted by molar-refractivity contribution is -0.159. The molecule has 0 aromatic carbocycles. The third-order valence-electron chi connectivity index (χ3n) is 3.48.